The molecule has 4 nitrogen and oxygen atoms in total. The van der Waals surface area contributed by atoms with Crippen LogP contribution in [0, 0.1) is 5.92 Å². The average Bonchev–Trinajstić information content (AvgIpc) is 2.76. The summed E-state index contributed by atoms with van der Waals surface area (Å²) < 4.78 is 38.0. The molecule has 0 spiro atoms. The van der Waals surface area contributed by atoms with E-state index in [2.05, 4.69) is 15.5 Å². The number of nitrogens with one attached hydrogen (secondary N) is 1. The van der Waals surface area contributed by atoms with E-state index in [1.807, 2.05) is 4.90 Å². The second-order valence-corrected chi connectivity index (χ2v) is 5.43. The van der Waals surface area contributed by atoms with Crippen molar-refractivity contribution in [3.8, 4) is 0 Å². The topological polar surface area (TPSA) is 41.1 Å². The fourth-order valence-electron chi connectivity index (χ4n) is 2.08. The molecule has 1 aromatic rings. The van der Waals surface area contributed by atoms with Crippen LogP contribution in [0.3, 0.4) is 0 Å². The zero-order valence-corrected chi connectivity index (χ0v) is 10.8. The number of halogens is 3. The molecule has 1 fully saturated rings. The number of anilines is 1. The lowest BCUT2D eigenvalue weighted by atomic mass is 9.98. The molecule has 0 aliphatic carbocycles. The number of alkyl halides is 3. The highest BCUT2D eigenvalue weighted by atomic mass is 32.1. The molecule has 1 atom stereocenters. The Balaban J connectivity index is 1.93. The monoisotopic (exact) mass is 280 g/mol. The van der Waals surface area contributed by atoms with E-state index in [1.54, 1.807) is 7.05 Å². The second kappa shape index (κ2) is 5.40. The lowest BCUT2D eigenvalue weighted by Gasteiger charge is -2.32. The number of hydrogen-bond donors (Lipinski definition) is 1. The van der Waals surface area contributed by atoms with Crippen molar-refractivity contribution in [1.82, 2.24) is 15.1 Å². The minimum absolute atomic E-state index is 0.0674. The van der Waals surface area contributed by atoms with E-state index in [1.165, 1.54) is 11.3 Å². The molecule has 0 aromatic carbocycles. The Morgan fingerprint density at radius 2 is 2.22 bits per heavy atom. The van der Waals surface area contributed by atoms with E-state index in [9.17, 15) is 13.2 Å². The van der Waals surface area contributed by atoms with Gasteiger partial charge in [0, 0.05) is 13.6 Å². The predicted octanol–water partition coefficient (Wildman–Crippen LogP) is 2.35. The smallest absolute Gasteiger partial charge is 0.363 e. The van der Waals surface area contributed by atoms with Gasteiger partial charge in [0.2, 0.25) is 5.13 Å². The summed E-state index contributed by atoms with van der Waals surface area (Å²) >= 11 is 1.38. The van der Waals surface area contributed by atoms with E-state index >= 15 is 0 Å². The van der Waals surface area contributed by atoms with Gasteiger partial charge in [-0.1, -0.05) is 11.3 Å². The van der Waals surface area contributed by atoms with Gasteiger partial charge in [-0.25, -0.2) is 0 Å². The van der Waals surface area contributed by atoms with Crippen LogP contribution >= 0.6 is 11.3 Å². The van der Waals surface area contributed by atoms with Gasteiger partial charge in [-0.15, -0.1) is 10.2 Å². The third kappa shape index (κ3) is 3.32. The molecule has 2 heterocycles. The van der Waals surface area contributed by atoms with Crippen LogP contribution in [0.4, 0.5) is 18.3 Å². The average molecular weight is 280 g/mol. The van der Waals surface area contributed by atoms with Gasteiger partial charge in [-0.3, -0.25) is 4.90 Å². The highest BCUT2D eigenvalue weighted by Gasteiger charge is 2.41. The SMILES string of the molecule is CNc1nnc(CN2CCCC(C(F)(F)F)C2)s1. The third-order valence-corrected chi connectivity index (χ3v) is 3.93. The van der Waals surface area contributed by atoms with Gasteiger partial charge in [-0.2, -0.15) is 13.2 Å². The van der Waals surface area contributed by atoms with Crippen molar-refractivity contribution in [3.05, 3.63) is 5.01 Å². The molecule has 102 valence electrons. The van der Waals surface area contributed by atoms with Gasteiger partial charge in [0.15, 0.2) is 0 Å². The summed E-state index contributed by atoms with van der Waals surface area (Å²) in [6, 6.07) is 0. The Kier molecular flexibility index (Phi) is 4.06. The molecule has 0 radical (unpaired) electrons. The summed E-state index contributed by atoms with van der Waals surface area (Å²) in [5.41, 5.74) is 0. The highest BCUT2D eigenvalue weighted by molar-refractivity contribution is 7.15. The first-order chi connectivity index (χ1) is 8.49. The Morgan fingerprint density at radius 3 is 2.83 bits per heavy atom. The van der Waals surface area contributed by atoms with Gasteiger partial charge in [0.1, 0.15) is 5.01 Å². The molecule has 1 saturated heterocycles. The standard InChI is InChI=1S/C10H15F3N4S/c1-14-9-16-15-8(18-9)6-17-4-2-3-7(5-17)10(11,12)13/h7H,2-6H2,1H3,(H,14,16). The molecule has 1 aliphatic rings. The summed E-state index contributed by atoms with van der Waals surface area (Å²) in [7, 11) is 1.74. The molecule has 0 saturated carbocycles. The Labute approximate surface area is 107 Å². The molecule has 1 unspecified atom stereocenters. The summed E-state index contributed by atoms with van der Waals surface area (Å²) in [5.74, 6) is -1.21. The van der Waals surface area contributed by atoms with Crippen LogP contribution < -0.4 is 5.32 Å². The molecule has 1 aliphatic heterocycles. The van der Waals surface area contributed by atoms with Crippen LogP contribution in [0.1, 0.15) is 17.8 Å². The van der Waals surface area contributed by atoms with Crippen LogP contribution in [-0.2, 0) is 6.54 Å². The molecule has 1 aromatic heterocycles. The Morgan fingerprint density at radius 1 is 1.44 bits per heavy atom. The summed E-state index contributed by atoms with van der Waals surface area (Å²) in [5, 5.41) is 12.1. The van der Waals surface area contributed by atoms with Gasteiger partial charge in [0.25, 0.3) is 0 Å². The Hall–Kier alpha value is -0.890. The second-order valence-electron chi connectivity index (χ2n) is 4.37. The molecule has 0 amide bonds. The quantitative estimate of drug-likeness (QED) is 0.923. The first kappa shape index (κ1) is 13.5. The molecule has 18 heavy (non-hydrogen) atoms. The maximum absolute atomic E-state index is 12.7. The van der Waals surface area contributed by atoms with E-state index < -0.39 is 12.1 Å². The zero-order chi connectivity index (χ0) is 13.2. The molecular formula is C10H15F3N4S. The number of nitrogens with zero attached hydrogens (tertiary/aromatic N) is 3. The van der Waals surface area contributed by atoms with Crippen LogP contribution in [-0.4, -0.2) is 41.4 Å². The van der Waals surface area contributed by atoms with Crippen molar-refractivity contribution >= 4 is 16.5 Å². The van der Waals surface area contributed by atoms with Gasteiger partial charge < -0.3 is 5.32 Å². The number of likely N-dealkylation sites (tertiary alicyclic amines) is 1. The van der Waals surface area contributed by atoms with Gasteiger partial charge in [-0.05, 0) is 19.4 Å². The van der Waals surface area contributed by atoms with Crippen molar-refractivity contribution in [3.63, 3.8) is 0 Å². The predicted molar refractivity (Wildman–Crippen MR) is 63.5 cm³/mol. The van der Waals surface area contributed by atoms with E-state index in [0.29, 0.717) is 24.6 Å². The number of rotatable bonds is 3. The number of aromatic nitrogens is 2. The van der Waals surface area contributed by atoms with Crippen LogP contribution in [0.2, 0.25) is 0 Å². The van der Waals surface area contributed by atoms with Crippen LogP contribution in [0.25, 0.3) is 0 Å². The minimum atomic E-state index is -4.09. The molecule has 0 bridgehead atoms. The third-order valence-electron chi connectivity index (χ3n) is 3.01. The molecular weight excluding hydrogens is 265 g/mol. The number of piperidine rings is 1. The van der Waals surface area contributed by atoms with Crippen LogP contribution in [0.15, 0.2) is 0 Å². The van der Waals surface area contributed by atoms with Crippen molar-refractivity contribution in [2.75, 3.05) is 25.5 Å². The maximum atomic E-state index is 12.7. The Bertz CT molecular complexity index is 393. The van der Waals surface area contributed by atoms with Gasteiger partial charge in [0.05, 0.1) is 12.5 Å². The minimum Gasteiger partial charge on any atom is -0.363 e. The van der Waals surface area contributed by atoms with Crippen molar-refractivity contribution in [2.45, 2.75) is 25.6 Å². The summed E-state index contributed by atoms with van der Waals surface area (Å²) in [4.78, 5) is 1.81. The summed E-state index contributed by atoms with van der Waals surface area (Å²) in [6.45, 7) is 1.21. The highest BCUT2D eigenvalue weighted by Crippen LogP contribution is 2.33. The molecule has 1 N–H and O–H groups in total. The fourth-order valence-corrected chi connectivity index (χ4v) is 2.81. The van der Waals surface area contributed by atoms with Crippen molar-refractivity contribution in [1.29, 1.82) is 0 Å². The van der Waals surface area contributed by atoms with Crippen LogP contribution in [0.5, 0.6) is 0 Å². The lowest BCUT2D eigenvalue weighted by Crippen LogP contribution is -2.41. The first-order valence-corrected chi connectivity index (χ1v) is 6.60. The van der Waals surface area contributed by atoms with Gasteiger partial charge >= 0.3 is 6.18 Å². The van der Waals surface area contributed by atoms with Crippen molar-refractivity contribution < 1.29 is 13.2 Å². The lowest BCUT2D eigenvalue weighted by molar-refractivity contribution is -0.187. The van der Waals surface area contributed by atoms with Crippen molar-refractivity contribution in [2.24, 2.45) is 5.92 Å². The largest absolute Gasteiger partial charge is 0.393 e. The zero-order valence-electron chi connectivity index (χ0n) is 10.00. The maximum Gasteiger partial charge on any atom is 0.393 e. The first-order valence-electron chi connectivity index (χ1n) is 5.78. The van der Waals surface area contributed by atoms with E-state index in [4.69, 9.17) is 0 Å². The van der Waals surface area contributed by atoms with E-state index in [-0.39, 0.29) is 13.0 Å². The molecule has 2 rings (SSSR count). The van der Waals surface area contributed by atoms with E-state index in [0.717, 1.165) is 5.01 Å². The number of hydrogen-bond acceptors (Lipinski definition) is 5. The molecule has 8 heteroatoms. The summed E-state index contributed by atoms with van der Waals surface area (Å²) in [6.07, 6.45) is -3.27. The normalized spacial score (nSPS) is 22.1. The fraction of sp³-hybridized carbons (Fsp3) is 0.800.